The van der Waals surface area contributed by atoms with E-state index in [4.69, 9.17) is 5.11 Å². The standard InChI is InChI=1S/C18H34O2.C2H6S/c1-2-3-4-5-6-7-8-9-10-11-12-13-14-15-16-17-18(19)20;1-3-2/h9-10H,2-8,11-17H2,1H3,(H,19,20);1-2H3/b10-9-;. The summed E-state index contributed by atoms with van der Waals surface area (Å²) in [4.78, 5) is 10.3. The number of rotatable bonds is 15. The molecule has 0 fully saturated rings. The first-order valence-electron chi connectivity index (χ1n) is 9.45. The minimum Gasteiger partial charge on any atom is -0.481 e. The molecule has 0 saturated heterocycles. The Hall–Kier alpha value is -0.440. The molecular weight excluding hydrogens is 304 g/mol. The van der Waals surface area contributed by atoms with Crippen molar-refractivity contribution in [3.8, 4) is 0 Å². The van der Waals surface area contributed by atoms with Gasteiger partial charge in [-0.25, -0.2) is 0 Å². The van der Waals surface area contributed by atoms with Crippen LogP contribution in [0.25, 0.3) is 0 Å². The molecule has 0 aliphatic heterocycles. The zero-order chi connectivity index (χ0) is 17.6. The van der Waals surface area contributed by atoms with Crippen LogP contribution in [0.5, 0.6) is 0 Å². The van der Waals surface area contributed by atoms with Crippen molar-refractivity contribution in [2.75, 3.05) is 12.5 Å². The van der Waals surface area contributed by atoms with Crippen molar-refractivity contribution in [3.05, 3.63) is 12.2 Å². The van der Waals surface area contributed by atoms with Gasteiger partial charge in [-0.2, -0.15) is 11.8 Å². The number of hydrogen-bond acceptors (Lipinski definition) is 2. The van der Waals surface area contributed by atoms with Gasteiger partial charge >= 0.3 is 5.97 Å². The molecule has 0 unspecified atom stereocenters. The van der Waals surface area contributed by atoms with Gasteiger partial charge < -0.3 is 5.11 Å². The summed E-state index contributed by atoms with van der Waals surface area (Å²) in [6.07, 6.45) is 25.3. The molecule has 0 heterocycles. The number of aliphatic carboxylic acids is 1. The van der Waals surface area contributed by atoms with E-state index in [0.29, 0.717) is 6.42 Å². The first-order valence-corrected chi connectivity index (χ1v) is 11.1. The molecule has 23 heavy (non-hydrogen) atoms. The van der Waals surface area contributed by atoms with Crippen molar-refractivity contribution in [1.29, 1.82) is 0 Å². The lowest BCUT2D eigenvalue weighted by molar-refractivity contribution is -0.137. The molecule has 2 nitrogen and oxygen atoms in total. The van der Waals surface area contributed by atoms with Gasteiger partial charge in [-0.15, -0.1) is 0 Å². The predicted octanol–water partition coefficient (Wildman–Crippen LogP) is 7.09. The van der Waals surface area contributed by atoms with Crippen molar-refractivity contribution in [2.45, 2.75) is 96.8 Å². The lowest BCUT2D eigenvalue weighted by Gasteiger charge is -1.99. The van der Waals surface area contributed by atoms with E-state index in [1.54, 1.807) is 11.8 Å². The molecule has 138 valence electrons. The summed E-state index contributed by atoms with van der Waals surface area (Å²) in [6.45, 7) is 2.26. The van der Waals surface area contributed by atoms with Crippen molar-refractivity contribution in [2.24, 2.45) is 0 Å². The van der Waals surface area contributed by atoms with E-state index in [-0.39, 0.29) is 0 Å². The van der Waals surface area contributed by atoms with Crippen LogP contribution in [0.4, 0.5) is 0 Å². The van der Waals surface area contributed by atoms with E-state index in [9.17, 15) is 4.79 Å². The molecule has 0 bridgehead atoms. The van der Waals surface area contributed by atoms with Crippen LogP contribution in [0.15, 0.2) is 12.2 Å². The summed E-state index contributed by atoms with van der Waals surface area (Å²) < 4.78 is 0. The molecule has 0 radical (unpaired) electrons. The lowest BCUT2D eigenvalue weighted by atomic mass is 10.1. The zero-order valence-corrected chi connectivity index (χ0v) is 16.6. The Balaban J connectivity index is 0. The van der Waals surface area contributed by atoms with Gasteiger partial charge in [0.05, 0.1) is 0 Å². The first kappa shape index (κ1) is 24.8. The highest BCUT2D eigenvalue weighted by atomic mass is 32.2. The average molecular weight is 345 g/mol. The molecule has 0 aliphatic rings. The van der Waals surface area contributed by atoms with Gasteiger partial charge in [0, 0.05) is 6.42 Å². The Morgan fingerprint density at radius 2 is 1.17 bits per heavy atom. The van der Waals surface area contributed by atoms with E-state index in [0.717, 1.165) is 12.8 Å². The number of allylic oxidation sites excluding steroid dienone is 2. The second-order valence-electron chi connectivity index (χ2n) is 6.14. The van der Waals surface area contributed by atoms with Crippen LogP contribution < -0.4 is 0 Å². The van der Waals surface area contributed by atoms with Crippen LogP contribution in [0.3, 0.4) is 0 Å². The van der Waals surface area contributed by atoms with Crippen molar-refractivity contribution < 1.29 is 9.90 Å². The second-order valence-corrected chi connectivity index (χ2v) is 6.95. The second kappa shape index (κ2) is 23.8. The fourth-order valence-corrected chi connectivity index (χ4v) is 2.35. The van der Waals surface area contributed by atoms with Gasteiger partial charge in [-0.3, -0.25) is 4.79 Å². The Morgan fingerprint density at radius 1 is 0.783 bits per heavy atom. The van der Waals surface area contributed by atoms with E-state index < -0.39 is 5.97 Å². The molecule has 0 aromatic heterocycles. The van der Waals surface area contributed by atoms with E-state index >= 15 is 0 Å². The maximum Gasteiger partial charge on any atom is 0.303 e. The molecule has 0 saturated carbocycles. The predicted molar refractivity (Wildman–Crippen MR) is 107 cm³/mol. The van der Waals surface area contributed by atoms with Crippen LogP contribution >= 0.6 is 11.8 Å². The molecule has 0 aromatic rings. The third-order valence-electron chi connectivity index (χ3n) is 3.65. The first-order chi connectivity index (χ1) is 11.2. The van der Waals surface area contributed by atoms with Crippen molar-refractivity contribution in [3.63, 3.8) is 0 Å². The number of carboxylic acid groups (broad SMARTS) is 1. The van der Waals surface area contributed by atoms with Gasteiger partial charge in [-0.05, 0) is 44.6 Å². The minimum atomic E-state index is -0.664. The van der Waals surface area contributed by atoms with E-state index in [1.165, 1.54) is 70.6 Å². The summed E-state index contributed by atoms with van der Waals surface area (Å²) in [5.74, 6) is -0.664. The summed E-state index contributed by atoms with van der Waals surface area (Å²) >= 11 is 1.75. The Labute approximate surface area is 149 Å². The maximum atomic E-state index is 10.3. The van der Waals surface area contributed by atoms with Crippen LogP contribution in [-0.2, 0) is 4.79 Å². The van der Waals surface area contributed by atoms with Gasteiger partial charge in [0.15, 0.2) is 0 Å². The summed E-state index contributed by atoms with van der Waals surface area (Å²) in [6, 6.07) is 0. The largest absolute Gasteiger partial charge is 0.481 e. The molecule has 0 spiro atoms. The Bertz CT molecular complexity index is 252. The Morgan fingerprint density at radius 3 is 1.61 bits per heavy atom. The third kappa shape index (κ3) is 30.1. The van der Waals surface area contributed by atoms with Crippen LogP contribution in [-0.4, -0.2) is 23.6 Å². The fraction of sp³-hybridized carbons (Fsp3) is 0.850. The van der Waals surface area contributed by atoms with Crippen LogP contribution in [0.1, 0.15) is 96.8 Å². The topological polar surface area (TPSA) is 37.3 Å². The average Bonchev–Trinajstić information content (AvgIpc) is 2.51. The summed E-state index contributed by atoms with van der Waals surface area (Å²) in [5, 5.41) is 8.51. The van der Waals surface area contributed by atoms with Gasteiger partial charge in [-0.1, -0.05) is 70.4 Å². The summed E-state index contributed by atoms with van der Waals surface area (Å²) in [5.41, 5.74) is 0. The monoisotopic (exact) mass is 344 g/mol. The van der Waals surface area contributed by atoms with Crippen molar-refractivity contribution in [1.82, 2.24) is 0 Å². The molecule has 1 N–H and O–H groups in total. The Kier molecular flexibility index (Phi) is 25.7. The highest BCUT2D eigenvalue weighted by Crippen LogP contribution is 2.09. The number of carboxylic acids is 1. The number of unbranched alkanes of at least 4 members (excludes halogenated alkanes) is 11. The van der Waals surface area contributed by atoms with Crippen LogP contribution in [0.2, 0.25) is 0 Å². The SMILES string of the molecule is CCCCCCCC/C=C\CCCCCCCC(=O)O.CSC. The van der Waals surface area contributed by atoms with Crippen molar-refractivity contribution >= 4 is 17.7 Å². The highest BCUT2D eigenvalue weighted by Gasteiger charge is 1.95. The maximum absolute atomic E-state index is 10.3. The molecule has 0 rings (SSSR count). The zero-order valence-electron chi connectivity index (χ0n) is 15.8. The smallest absolute Gasteiger partial charge is 0.303 e. The number of carbonyl (C=O) groups is 1. The van der Waals surface area contributed by atoms with Gasteiger partial charge in [0.25, 0.3) is 0 Å². The third-order valence-corrected chi connectivity index (χ3v) is 3.65. The molecule has 0 atom stereocenters. The lowest BCUT2D eigenvalue weighted by Crippen LogP contribution is -1.93. The van der Waals surface area contributed by atoms with E-state index in [1.807, 2.05) is 12.5 Å². The summed E-state index contributed by atoms with van der Waals surface area (Å²) in [7, 11) is 0. The quantitative estimate of drug-likeness (QED) is 0.254. The number of hydrogen-bond donors (Lipinski definition) is 1. The fourth-order valence-electron chi connectivity index (χ4n) is 2.35. The molecule has 0 aromatic carbocycles. The molecular formula is C20H40O2S. The van der Waals surface area contributed by atoms with Crippen LogP contribution in [0, 0.1) is 0 Å². The molecule has 0 amide bonds. The highest BCUT2D eigenvalue weighted by molar-refractivity contribution is 7.97. The number of thioether (sulfide) groups is 1. The molecule has 3 heteroatoms. The molecule has 0 aliphatic carbocycles. The van der Waals surface area contributed by atoms with Gasteiger partial charge in [0.1, 0.15) is 0 Å². The van der Waals surface area contributed by atoms with E-state index in [2.05, 4.69) is 19.1 Å². The normalized spacial score (nSPS) is 10.6. The van der Waals surface area contributed by atoms with Gasteiger partial charge in [0.2, 0.25) is 0 Å². The minimum absolute atomic E-state index is 0.332.